The highest BCUT2D eigenvalue weighted by molar-refractivity contribution is 7.14. The SMILES string of the molecule is CC1CCCCC1[C@H](NC(=O)C#Cc1ccccc1)C(=O)N1CC=CC1C(=O)NCc1ccc(/C(N)=N/O)s1. The maximum Gasteiger partial charge on any atom is 0.296 e. The van der Waals surface area contributed by atoms with Gasteiger partial charge in [-0.25, -0.2) is 0 Å². The number of carbonyl (C=O) groups is 3. The third kappa shape index (κ3) is 7.06. The molecule has 0 spiro atoms. The number of amides is 3. The molecule has 4 atom stereocenters. The van der Waals surface area contributed by atoms with Crippen LogP contribution in [0.2, 0.25) is 0 Å². The van der Waals surface area contributed by atoms with Gasteiger partial charge in [0.05, 0.1) is 11.4 Å². The third-order valence-corrected chi connectivity index (χ3v) is 8.33. The highest BCUT2D eigenvalue weighted by Gasteiger charge is 2.40. The first-order valence-electron chi connectivity index (χ1n) is 13.1. The molecule has 2 aromatic rings. The molecular formula is C29H33N5O4S. The molecule has 204 valence electrons. The molecule has 1 aromatic carbocycles. The Kier molecular flexibility index (Phi) is 9.39. The van der Waals surface area contributed by atoms with Gasteiger partial charge in [-0.1, -0.05) is 67.6 Å². The molecule has 1 saturated carbocycles. The quantitative estimate of drug-likeness (QED) is 0.105. The minimum absolute atomic E-state index is 0.00608. The average molecular weight is 548 g/mol. The standard InChI is InChI=1S/C29H33N5O4S/c1-19-8-5-6-11-22(19)26(32-25(35)16-13-20-9-3-2-4-10-20)29(37)34-17-7-12-23(34)28(36)31-18-21-14-15-24(39-21)27(30)33-38/h2-4,7,9-10,12,14-15,19,22-23,26,38H,5-6,8,11,17-18H2,1H3,(H2,30,33)(H,31,36)(H,32,35)/t19?,22?,23?,26-/m0/s1. The number of thiophene rings is 1. The molecule has 39 heavy (non-hydrogen) atoms. The number of carbonyl (C=O) groups excluding carboxylic acids is 3. The van der Waals surface area contributed by atoms with Gasteiger partial charge in [0.25, 0.3) is 5.91 Å². The molecule has 1 aliphatic heterocycles. The Morgan fingerprint density at radius 2 is 1.95 bits per heavy atom. The zero-order chi connectivity index (χ0) is 27.8. The van der Waals surface area contributed by atoms with E-state index in [0.717, 1.165) is 30.6 Å². The van der Waals surface area contributed by atoms with E-state index in [1.807, 2.05) is 30.3 Å². The fraction of sp³-hybridized carbons (Fsp3) is 0.379. The monoisotopic (exact) mass is 547 g/mol. The van der Waals surface area contributed by atoms with Gasteiger partial charge in [0.15, 0.2) is 5.84 Å². The minimum atomic E-state index is -0.783. The molecule has 0 bridgehead atoms. The zero-order valence-corrected chi connectivity index (χ0v) is 22.6. The van der Waals surface area contributed by atoms with E-state index in [2.05, 4.69) is 34.6 Å². The number of amidine groups is 1. The highest BCUT2D eigenvalue weighted by atomic mass is 32.1. The first-order valence-corrected chi connectivity index (χ1v) is 13.9. The number of hydrogen-bond acceptors (Lipinski definition) is 6. The zero-order valence-electron chi connectivity index (χ0n) is 21.8. The van der Waals surface area contributed by atoms with Gasteiger partial charge in [0, 0.05) is 22.9 Å². The van der Waals surface area contributed by atoms with Crippen LogP contribution in [0.1, 0.15) is 47.9 Å². The van der Waals surface area contributed by atoms with Crippen molar-refractivity contribution in [3.63, 3.8) is 0 Å². The lowest BCUT2D eigenvalue weighted by molar-refractivity contribution is -0.142. The topological polar surface area (TPSA) is 137 Å². The summed E-state index contributed by atoms with van der Waals surface area (Å²) < 4.78 is 0. The van der Waals surface area contributed by atoms with Crippen molar-refractivity contribution in [3.8, 4) is 11.8 Å². The van der Waals surface area contributed by atoms with E-state index >= 15 is 0 Å². The predicted molar refractivity (Wildman–Crippen MR) is 150 cm³/mol. The fourth-order valence-corrected chi connectivity index (χ4v) is 5.96. The second-order valence-electron chi connectivity index (χ2n) is 9.83. The Bertz CT molecular complexity index is 1310. The van der Waals surface area contributed by atoms with E-state index in [9.17, 15) is 14.4 Å². The largest absolute Gasteiger partial charge is 0.409 e. The molecule has 9 nitrogen and oxygen atoms in total. The van der Waals surface area contributed by atoms with Crippen LogP contribution in [0.4, 0.5) is 0 Å². The van der Waals surface area contributed by atoms with Crippen molar-refractivity contribution in [2.45, 2.75) is 51.2 Å². The first-order chi connectivity index (χ1) is 18.9. The van der Waals surface area contributed by atoms with Gasteiger partial charge in [-0.15, -0.1) is 11.3 Å². The Labute approximate surface area is 232 Å². The van der Waals surface area contributed by atoms with Crippen molar-refractivity contribution < 1.29 is 19.6 Å². The van der Waals surface area contributed by atoms with Crippen LogP contribution in [0.15, 0.2) is 59.8 Å². The Hall–Kier alpha value is -4.10. The molecule has 1 aromatic heterocycles. The van der Waals surface area contributed by atoms with Crippen LogP contribution in [0.3, 0.4) is 0 Å². The lowest BCUT2D eigenvalue weighted by Crippen LogP contribution is -2.57. The summed E-state index contributed by atoms with van der Waals surface area (Å²) in [6.45, 7) is 2.64. The third-order valence-electron chi connectivity index (χ3n) is 7.22. The van der Waals surface area contributed by atoms with Gasteiger partial charge in [-0.05, 0) is 42.5 Å². The van der Waals surface area contributed by atoms with E-state index in [0.29, 0.717) is 10.4 Å². The molecule has 0 radical (unpaired) electrons. The first kappa shape index (κ1) is 27.9. The number of nitrogens with two attached hydrogens (primary N) is 1. The van der Waals surface area contributed by atoms with Crippen LogP contribution in [0, 0.1) is 23.7 Å². The predicted octanol–water partition coefficient (Wildman–Crippen LogP) is 2.59. The summed E-state index contributed by atoms with van der Waals surface area (Å²) in [5.74, 6) is 4.58. The van der Waals surface area contributed by atoms with Crippen molar-refractivity contribution in [3.05, 3.63) is 69.9 Å². The van der Waals surface area contributed by atoms with E-state index in [4.69, 9.17) is 10.9 Å². The fourth-order valence-electron chi connectivity index (χ4n) is 5.11. The van der Waals surface area contributed by atoms with Crippen LogP contribution < -0.4 is 16.4 Å². The Balaban J connectivity index is 1.46. The van der Waals surface area contributed by atoms with Crippen LogP contribution in [0.25, 0.3) is 0 Å². The highest BCUT2D eigenvalue weighted by Crippen LogP contribution is 2.33. The normalized spacial score (nSPS) is 21.5. The smallest absolute Gasteiger partial charge is 0.296 e. The summed E-state index contributed by atoms with van der Waals surface area (Å²) in [6.07, 6.45) is 7.39. The maximum absolute atomic E-state index is 13.9. The molecular weight excluding hydrogens is 514 g/mol. The molecule has 2 heterocycles. The number of rotatable bonds is 7. The van der Waals surface area contributed by atoms with E-state index < -0.39 is 18.0 Å². The molecule has 10 heteroatoms. The van der Waals surface area contributed by atoms with Gasteiger partial charge in [-0.2, -0.15) is 0 Å². The van der Waals surface area contributed by atoms with Gasteiger partial charge < -0.3 is 26.5 Å². The maximum atomic E-state index is 13.9. The summed E-state index contributed by atoms with van der Waals surface area (Å²) in [6, 6.07) is 11.2. The molecule has 4 rings (SSSR count). The van der Waals surface area contributed by atoms with Crippen molar-refractivity contribution in [1.82, 2.24) is 15.5 Å². The van der Waals surface area contributed by atoms with Crippen molar-refractivity contribution in [1.29, 1.82) is 0 Å². The lowest BCUT2D eigenvalue weighted by Gasteiger charge is -2.37. The minimum Gasteiger partial charge on any atom is -0.409 e. The summed E-state index contributed by atoms with van der Waals surface area (Å²) in [4.78, 5) is 42.8. The second kappa shape index (κ2) is 13.1. The van der Waals surface area contributed by atoms with Crippen LogP contribution in [-0.4, -0.2) is 52.3 Å². The Morgan fingerprint density at radius 3 is 2.69 bits per heavy atom. The van der Waals surface area contributed by atoms with Crippen LogP contribution in [-0.2, 0) is 20.9 Å². The molecule has 0 saturated heterocycles. The summed E-state index contributed by atoms with van der Waals surface area (Å²) in [5, 5.41) is 17.6. The van der Waals surface area contributed by atoms with Crippen LogP contribution in [0.5, 0.6) is 0 Å². The second-order valence-corrected chi connectivity index (χ2v) is 11.0. The number of nitrogens with zero attached hydrogens (tertiary/aromatic N) is 2. The summed E-state index contributed by atoms with van der Waals surface area (Å²) in [7, 11) is 0. The van der Waals surface area contributed by atoms with Crippen molar-refractivity contribution >= 4 is 34.9 Å². The molecule has 5 N–H and O–H groups in total. The van der Waals surface area contributed by atoms with Gasteiger partial charge >= 0.3 is 0 Å². The number of benzene rings is 1. The number of hydrogen-bond donors (Lipinski definition) is 4. The van der Waals surface area contributed by atoms with Gasteiger partial charge in [0.2, 0.25) is 11.8 Å². The summed E-state index contributed by atoms with van der Waals surface area (Å²) in [5.41, 5.74) is 6.34. The molecule has 3 unspecified atom stereocenters. The lowest BCUT2D eigenvalue weighted by atomic mass is 9.75. The average Bonchev–Trinajstić information content (AvgIpc) is 3.64. The number of oxime groups is 1. The van der Waals surface area contributed by atoms with Crippen LogP contribution >= 0.6 is 11.3 Å². The summed E-state index contributed by atoms with van der Waals surface area (Å²) >= 11 is 1.30. The van der Waals surface area contributed by atoms with Gasteiger partial charge in [-0.3, -0.25) is 14.4 Å². The van der Waals surface area contributed by atoms with Crippen molar-refractivity contribution in [2.24, 2.45) is 22.7 Å². The van der Waals surface area contributed by atoms with Crippen molar-refractivity contribution in [2.75, 3.05) is 6.54 Å². The molecule has 1 aliphatic carbocycles. The Morgan fingerprint density at radius 1 is 1.18 bits per heavy atom. The molecule has 2 aliphatic rings. The molecule has 3 amide bonds. The number of nitrogens with one attached hydrogen (secondary N) is 2. The van der Waals surface area contributed by atoms with E-state index in [1.54, 1.807) is 24.3 Å². The van der Waals surface area contributed by atoms with Gasteiger partial charge in [0.1, 0.15) is 12.1 Å². The van der Waals surface area contributed by atoms with E-state index in [-0.39, 0.29) is 42.6 Å². The molecule has 1 fully saturated rings. The van der Waals surface area contributed by atoms with E-state index in [1.165, 1.54) is 16.2 Å².